The highest BCUT2D eigenvalue weighted by Crippen LogP contribution is 2.40. The Labute approximate surface area is 176 Å². The van der Waals surface area contributed by atoms with Crippen LogP contribution < -0.4 is 15.0 Å². The van der Waals surface area contributed by atoms with E-state index in [-0.39, 0.29) is 31.0 Å². The van der Waals surface area contributed by atoms with E-state index in [0.29, 0.717) is 17.9 Å². The Hall–Kier alpha value is -3.16. The van der Waals surface area contributed by atoms with Gasteiger partial charge in [0, 0.05) is 31.0 Å². The number of benzene rings is 1. The first-order chi connectivity index (χ1) is 14.5. The molecule has 1 aliphatic rings. The van der Waals surface area contributed by atoms with Crippen molar-refractivity contribution >= 4 is 17.7 Å². The van der Waals surface area contributed by atoms with Gasteiger partial charge < -0.3 is 19.7 Å². The third-order valence-corrected chi connectivity index (χ3v) is 5.45. The van der Waals surface area contributed by atoms with Gasteiger partial charge in [-0.1, -0.05) is 13.0 Å². The Balaban J connectivity index is 1.54. The molecule has 1 aromatic heterocycles. The molecule has 2 aromatic rings. The van der Waals surface area contributed by atoms with E-state index in [2.05, 4.69) is 40.1 Å². The number of nitrogens with zero attached hydrogens (tertiary/aromatic N) is 3. The van der Waals surface area contributed by atoms with E-state index in [4.69, 9.17) is 9.47 Å². The molecule has 0 radical (unpaired) electrons. The molecule has 2 unspecified atom stereocenters. The van der Waals surface area contributed by atoms with Crippen molar-refractivity contribution in [1.82, 2.24) is 15.3 Å². The van der Waals surface area contributed by atoms with Crippen LogP contribution in [0.25, 0.3) is 0 Å². The van der Waals surface area contributed by atoms with E-state index in [1.807, 2.05) is 19.1 Å². The van der Waals surface area contributed by atoms with Crippen molar-refractivity contribution in [2.24, 2.45) is 5.92 Å². The first-order valence-electron chi connectivity index (χ1n) is 10.3. The van der Waals surface area contributed by atoms with E-state index >= 15 is 0 Å². The largest absolute Gasteiger partial charge is 0.450 e. The Kier molecular flexibility index (Phi) is 7.21. The first-order valence-corrected chi connectivity index (χ1v) is 10.3. The molecule has 0 aliphatic carbocycles. The highest BCUT2D eigenvalue weighted by atomic mass is 16.6. The van der Waals surface area contributed by atoms with E-state index in [0.717, 1.165) is 24.3 Å². The number of hydrogen-bond donors (Lipinski definition) is 1. The SMILES string of the molecule is CCN(CC)c1ccc2c(c1)OC(=O)C(CCOC(=O)NCc1ccncn1)C2C. The molecule has 160 valence electrons. The summed E-state index contributed by atoms with van der Waals surface area (Å²) in [5, 5.41) is 2.63. The van der Waals surface area contributed by atoms with E-state index < -0.39 is 6.09 Å². The van der Waals surface area contributed by atoms with Crippen LogP contribution in [-0.2, 0) is 16.1 Å². The van der Waals surface area contributed by atoms with Crippen molar-refractivity contribution in [1.29, 1.82) is 0 Å². The third kappa shape index (κ3) is 5.06. The average Bonchev–Trinajstić information content (AvgIpc) is 2.76. The molecule has 0 saturated carbocycles. The molecule has 1 aromatic carbocycles. The predicted octanol–water partition coefficient (Wildman–Crippen LogP) is 3.28. The van der Waals surface area contributed by atoms with Crippen LogP contribution in [0.1, 0.15) is 44.4 Å². The highest BCUT2D eigenvalue weighted by molar-refractivity contribution is 5.80. The zero-order valence-electron chi connectivity index (χ0n) is 17.6. The van der Waals surface area contributed by atoms with Gasteiger partial charge >= 0.3 is 12.1 Å². The number of ether oxygens (including phenoxy) is 2. The van der Waals surface area contributed by atoms with Gasteiger partial charge in [0.15, 0.2) is 0 Å². The molecule has 1 N–H and O–H groups in total. The number of carbonyl (C=O) groups is 2. The summed E-state index contributed by atoms with van der Waals surface area (Å²) in [6, 6.07) is 7.74. The molecule has 0 bridgehead atoms. The Morgan fingerprint density at radius 1 is 1.27 bits per heavy atom. The summed E-state index contributed by atoms with van der Waals surface area (Å²) in [5.74, 6) is -0.0282. The second-order valence-electron chi connectivity index (χ2n) is 7.19. The number of fused-ring (bicyclic) bond motifs is 1. The molecule has 1 amide bonds. The fraction of sp³-hybridized carbons (Fsp3) is 0.455. The molecule has 2 heterocycles. The van der Waals surface area contributed by atoms with Crippen LogP contribution in [0, 0.1) is 5.92 Å². The Morgan fingerprint density at radius 2 is 2.07 bits per heavy atom. The molecular formula is C22H28N4O4. The van der Waals surface area contributed by atoms with Crippen molar-refractivity contribution in [3.05, 3.63) is 48.0 Å². The fourth-order valence-corrected chi connectivity index (χ4v) is 3.66. The zero-order valence-corrected chi connectivity index (χ0v) is 17.6. The number of anilines is 1. The standard InChI is InChI=1S/C22H28N4O4/c1-4-26(5-2)17-6-7-18-15(3)19(21(27)30-20(18)12-17)9-11-29-22(28)24-13-16-8-10-23-14-25-16/h6-8,10,12,14-15,19H,4-5,9,11,13H2,1-3H3,(H,24,28). The fourth-order valence-electron chi connectivity index (χ4n) is 3.66. The lowest BCUT2D eigenvalue weighted by atomic mass is 9.83. The summed E-state index contributed by atoms with van der Waals surface area (Å²) in [4.78, 5) is 34.5. The zero-order chi connectivity index (χ0) is 21.5. The van der Waals surface area contributed by atoms with Crippen LogP contribution >= 0.6 is 0 Å². The number of nitrogens with one attached hydrogen (secondary N) is 1. The summed E-state index contributed by atoms with van der Waals surface area (Å²) in [6.45, 7) is 8.36. The van der Waals surface area contributed by atoms with Gasteiger partial charge in [0.05, 0.1) is 24.8 Å². The smallest absolute Gasteiger partial charge is 0.407 e. The minimum atomic E-state index is -0.547. The van der Waals surface area contributed by atoms with Crippen LogP contribution in [0.4, 0.5) is 10.5 Å². The molecule has 3 rings (SSSR count). The van der Waals surface area contributed by atoms with Crippen LogP contribution in [0.3, 0.4) is 0 Å². The van der Waals surface area contributed by atoms with Crippen molar-refractivity contribution < 1.29 is 19.1 Å². The van der Waals surface area contributed by atoms with Crippen molar-refractivity contribution in [2.45, 2.75) is 39.7 Å². The van der Waals surface area contributed by atoms with Gasteiger partial charge in [-0.3, -0.25) is 4.79 Å². The van der Waals surface area contributed by atoms with E-state index in [9.17, 15) is 9.59 Å². The van der Waals surface area contributed by atoms with E-state index in [1.165, 1.54) is 6.33 Å². The predicted molar refractivity (Wildman–Crippen MR) is 112 cm³/mol. The van der Waals surface area contributed by atoms with Gasteiger partial charge in [-0.2, -0.15) is 0 Å². The van der Waals surface area contributed by atoms with Gasteiger partial charge in [0.1, 0.15) is 12.1 Å². The molecule has 1 aliphatic heterocycles. The van der Waals surface area contributed by atoms with Crippen molar-refractivity contribution in [3.8, 4) is 5.75 Å². The van der Waals surface area contributed by atoms with Crippen LogP contribution in [-0.4, -0.2) is 41.7 Å². The molecular weight excluding hydrogens is 384 g/mol. The average molecular weight is 412 g/mol. The number of carbonyl (C=O) groups excluding carboxylic acids is 2. The summed E-state index contributed by atoms with van der Waals surface area (Å²) in [6.07, 6.45) is 2.88. The van der Waals surface area contributed by atoms with Gasteiger partial charge in [-0.25, -0.2) is 14.8 Å². The summed E-state index contributed by atoms with van der Waals surface area (Å²) < 4.78 is 10.8. The van der Waals surface area contributed by atoms with E-state index in [1.54, 1.807) is 12.3 Å². The molecule has 2 atom stereocenters. The minimum absolute atomic E-state index is 0.0142. The number of esters is 1. The molecule has 8 heteroatoms. The highest BCUT2D eigenvalue weighted by Gasteiger charge is 2.35. The number of alkyl carbamates (subject to hydrolysis) is 1. The van der Waals surface area contributed by atoms with Crippen LogP contribution in [0.15, 0.2) is 36.8 Å². The molecule has 0 saturated heterocycles. The Morgan fingerprint density at radius 3 is 2.77 bits per heavy atom. The lowest BCUT2D eigenvalue weighted by Crippen LogP contribution is -2.33. The van der Waals surface area contributed by atoms with Gasteiger partial charge in [-0.05, 0) is 43.9 Å². The second kappa shape index (κ2) is 10.0. The Bertz CT molecular complexity index is 871. The lowest BCUT2D eigenvalue weighted by Gasteiger charge is -2.31. The molecule has 0 fully saturated rings. The minimum Gasteiger partial charge on any atom is -0.450 e. The topological polar surface area (TPSA) is 93.6 Å². The van der Waals surface area contributed by atoms with Crippen molar-refractivity contribution in [3.63, 3.8) is 0 Å². The summed E-state index contributed by atoms with van der Waals surface area (Å²) in [5.41, 5.74) is 2.73. The maximum atomic E-state index is 12.6. The quantitative estimate of drug-likeness (QED) is 0.525. The number of rotatable bonds is 8. The van der Waals surface area contributed by atoms with Crippen LogP contribution in [0.5, 0.6) is 5.75 Å². The number of aromatic nitrogens is 2. The first kappa shape index (κ1) is 21.5. The molecule has 0 spiro atoms. The van der Waals surface area contributed by atoms with Gasteiger partial charge in [0.25, 0.3) is 0 Å². The lowest BCUT2D eigenvalue weighted by molar-refractivity contribution is -0.141. The third-order valence-electron chi connectivity index (χ3n) is 5.45. The maximum absolute atomic E-state index is 12.6. The number of amides is 1. The summed E-state index contributed by atoms with van der Waals surface area (Å²) in [7, 11) is 0. The monoisotopic (exact) mass is 412 g/mol. The summed E-state index contributed by atoms with van der Waals surface area (Å²) >= 11 is 0. The van der Waals surface area contributed by atoms with Gasteiger partial charge in [-0.15, -0.1) is 0 Å². The van der Waals surface area contributed by atoms with Crippen molar-refractivity contribution in [2.75, 3.05) is 24.6 Å². The normalized spacial score (nSPS) is 17.6. The second-order valence-corrected chi connectivity index (χ2v) is 7.19. The maximum Gasteiger partial charge on any atom is 0.407 e. The van der Waals surface area contributed by atoms with Gasteiger partial charge in [0.2, 0.25) is 0 Å². The molecule has 8 nitrogen and oxygen atoms in total. The van der Waals surface area contributed by atoms with Crippen LogP contribution in [0.2, 0.25) is 0 Å². The molecule has 30 heavy (non-hydrogen) atoms. The number of hydrogen-bond acceptors (Lipinski definition) is 7.